The van der Waals surface area contributed by atoms with Crippen molar-refractivity contribution in [3.63, 3.8) is 0 Å². The van der Waals surface area contributed by atoms with E-state index in [1.54, 1.807) is 7.11 Å². The Hall–Kier alpha value is -0.630. The molecule has 20 heavy (non-hydrogen) atoms. The average molecular weight is 282 g/mol. The van der Waals surface area contributed by atoms with E-state index >= 15 is 0 Å². The topological polar surface area (TPSA) is 54.3 Å². The number of methoxy groups -OCH3 is 1. The molecule has 0 heterocycles. The van der Waals surface area contributed by atoms with E-state index in [-0.39, 0.29) is 11.1 Å². The van der Waals surface area contributed by atoms with E-state index in [9.17, 15) is 5.26 Å². The first-order valence-corrected chi connectivity index (χ1v) is 7.79. The maximum Gasteiger partial charge on any atom is 0.106 e. The summed E-state index contributed by atoms with van der Waals surface area (Å²) in [5.74, 6) is 0. The van der Waals surface area contributed by atoms with Gasteiger partial charge in [-0.3, -0.25) is 5.32 Å². The maximum atomic E-state index is 9.42. The van der Waals surface area contributed by atoms with Crippen molar-refractivity contribution in [2.45, 2.75) is 76.5 Å². The van der Waals surface area contributed by atoms with Crippen LogP contribution in [0.3, 0.4) is 0 Å². The first kappa shape index (κ1) is 17.4. The highest BCUT2D eigenvalue weighted by molar-refractivity contribution is 5.09. The van der Waals surface area contributed by atoms with E-state index in [0.29, 0.717) is 12.6 Å². The first-order valence-electron chi connectivity index (χ1n) is 7.79. The summed E-state index contributed by atoms with van der Waals surface area (Å²) in [6.45, 7) is 7.64. The standard InChI is InChI=1S/C16H30N2O2/c1-5-16(13-17,18-14-7-8-14)9-6-11-20-12-10-15(2,3)19-4/h14,18H,5-12H2,1-4H3. The summed E-state index contributed by atoms with van der Waals surface area (Å²) in [5, 5.41) is 12.9. The zero-order chi connectivity index (χ0) is 15.1. The molecular formula is C16H30N2O2. The molecule has 0 radical (unpaired) electrons. The third-order valence-corrected chi connectivity index (χ3v) is 4.17. The van der Waals surface area contributed by atoms with E-state index in [0.717, 1.165) is 32.3 Å². The van der Waals surface area contributed by atoms with Crippen LogP contribution in [0.25, 0.3) is 0 Å². The smallest absolute Gasteiger partial charge is 0.106 e. The van der Waals surface area contributed by atoms with Gasteiger partial charge >= 0.3 is 0 Å². The third-order valence-electron chi connectivity index (χ3n) is 4.17. The Balaban J connectivity index is 2.16. The van der Waals surface area contributed by atoms with Crippen LogP contribution in [-0.2, 0) is 9.47 Å². The lowest BCUT2D eigenvalue weighted by atomic mass is 9.92. The number of nitrogens with one attached hydrogen (secondary N) is 1. The molecule has 4 nitrogen and oxygen atoms in total. The summed E-state index contributed by atoms with van der Waals surface area (Å²) in [6.07, 6.45) is 5.97. The molecule has 4 heteroatoms. The second kappa shape index (κ2) is 7.97. The second-order valence-electron chi connectivity index (χ2n) is 6.40. The number of hydrogen-bond acceptors (Lipinski definition) is 4. The van der Waals surface area contributed by atoms with Crippen molar-refractivity contribution in [3.8, 4) is 6.07 Å². The molecule has 1 fully saturated rings. The summed E-state index contributed by atoms with van der Waals surface area (Å²) >= 11 is 0. The number of ether oxygens (including phenoxy) is 2. The van der Waals surface area contributed by atoms with Gasteiger partial charge in [0.05, 0.1) is 11.7 Å². The molecule has 1 aliphatic rings. The Kier molecular flexibility index (Phi) is 6.94. The molecule has 0 aromatic carbocycles. The molecule has 116 valence electrons. The molecule has 1 rings (SSSR count). The van der Waals surface area contributed by atoms with Crippen LogP contribution < -0.4 is 5.32 Å². The molecule has 1 unspecified atom stereocenters. The fraction of sp³-hybridized carbons (Fsp3) is 0.938. The summed E-state index contributed by atoms with van der Waals surface area (Å²) in [6, 6.07) is 3.04. The lowest BCUT2D eigenvalue weighted by Gasteiger charge is -2.27. The molecule has 1 atom stereocenters. The average Bonchev–Trinajstić information content (AvgIpc) is 3.25. The Morgan fingerprint density at radius 3 is 2.45 bits per heavy atom. The van der Waals surface area contributed by atoms with Gasteiger partial charge in [-0.05, 0) is 52.4 Å². The number of rotatable bonds is 11. The van der Waals surface area contributed by atoms with Gasteiger partial charge in [0.2, 0.25) is 0 Å². The van der Waals surface area contributed by atoms with Gasteiger partial charge in [0.15, 0.2) is 0 Å². The SMILES string of the molecule is CCC(C#N)(CCCOCCC(C)(C)OC)NC1CC1. The van der Waals surface area contributed by atoms with Crippen molar-refractivity contribution in [1.29, 1.82) is 5.26 Å². The van der Waals surface area contributed by atoms with Crippen LogP contribution in [-0.4, -0.2) is 37.5 Å². The zero-order valence-electron chi connectivity index (χ0n) is 13.5. The van der Waals surface area contributed by atoms with Gasteiger partial charge in [-0.25, -0.2) is 0 Å². The van der Waals surface area contributed by atoms with Crippen molar-refractivity contribution < 1.29 is 9.47 Å². The monoisotopic (exact) mass is 282 g/mol. The molecule has 0 aromatic heterocycles. The third kappa shape index (κ3) is 6.21. The Morgan fingerprint density at radius 1 is 1.25 bits per heavy atom. The molecule has 0 bridgehead atoms. The fourth-order valence-electron chi connectivity index (χ4n) is 2.13. The van der Waals surface area contributed by atoms with Gasteiger partial charge in [-0.1, -0.05) is 6.92 Å². The molecular weight excluding hydrogens is 252 g/mol. The quantitative estimate of drug-likeness (QED) is 0.592. The first-order chi connectivity index (χ1) is 9.47. The summed E-state index contributed by atoms with van der Waals surface area (Å²) in [7, 11) is 1.73. The molecule has 0 saturated heterocycles. The molecule has 1 N–H and O–H groups in total. The minimum atomic E-state index is -0.351. The molecule has 0 spiro atoms. The second-order valence-corrected chi connectivity index (χ2v) is 6.40. The van der Waals surface area contributed by atoms with Crippen LogP contribution in [0.15, 0.2) is 0 Å². The van der Waals surface area contributed by atoms with Crippen LogP contribution >= 0.6 is 0 Å². The zero-order valence-corrected chi connectivity index (χ0v) is 13.5. The highest BCUT2D eigenvalue weighted by atomic mass is 16.5. The Labute approximate surface area is 123 Å². The highest BCUT2D eigenvalue weighted by Crippen LogP contribution is 2.26. The Morgan fingerprint density at radius 2 is 1.95 bits per heavy atom. The minimum Gasteiger partial charge on any atom is -0.381 e. The predicted molar refractivity (Wildman–Crippen MR) is 80.6 cm³/mol. The molecule has 1 saturated carbocycles. The van der Waals surface area contributed by atoms with Gasteiger partial charge in [-0.15, -0.1) is 0 Å². The molecule has 0 amide bonds. The number of nitriles is 1. The van der Waals surface area contributed by atoms with E-state index in [1.807, 2.05) is 0 Å². The van der Waals surface area contributed by atoms with Crippen LogP contribution in [0.5, 0.6) is 0 Å². The van der Waals surface area contributed by atoms with Gasteiger partial charge in [-0.2, -0.15) is 5.26 Å². The number of hydrogen-bond donors (Lipinski definition) is 1. The van der Waals surface area contributed by atoms with E-state index < -0.39 is 0 Å². The van der Waals surface area contributed by atoms with Gasteiger partial charge in [0.1, 0.15) is 5.54 Å². The summed E-state index contributed by atoms with van der Waals surface area (Å²) in [5.41, 5.74) is -0.469. The van der Waals surface area contributed by atoms with E-state index in [4.69, 9.17) is 9.47 Å². The van der Waals surface area contributed by atoms with Gasteiger partial charge < -0.3 is 9.47 Å². The van der Waals surface area contributed by atoms with Gasteiger partial charge in [0, 0.05) is 26.4 Å². The lowest BCUT2D eigenvalue weighted by molar-refractivity contribution is -0.0105. The predicted octanol–water partition coefficient (Wildman–Crippen LogP) is 3.02. The van der Waals surface area contributed by atoms with E-state index in [2.05, 4.69) is 32.2 Å². The maximum absolute atomic E-state index is 9.42. The summed E-state index contributed by atoms with van der Waals surface area (Å²) in [4.78, 5) is 0. The van der Waals surface area contributed by atoms with Crippen molar-refractivity contribution in [2.75, 3.05) is 20.3 Å². The van der Waals surface area contributed by atoms with Crippen LogP contribution in [0.2, 0.25) is 0 Å². The van der Waals surface area contributed by atoms with Crippen molar-refractivity contribution in [2.24, 2.45) is 0 Å². The van der Waals surface area contributed by atoms with Crippen molar-refractivity contribution in [3.05, 3.63) is 0 Å². The largest absolute Gasteiger partial charge is 0.381 e. The molecule has 1 aliphatic carbocycles. The Bertz CT molecular complexity index is 321. The fourth-order valence-corrected chi connectivity index (χ4v) is 2.13. The van der Waals surface area contributed by atoms with Crippen LogP contribution in [0.4, 0.5) is 0 Å². The number of nitrogens with zero attached hydrogens (tertiary/aromatic N) is 1. The van der Waals surface area contributed by atoms with Gasteiger partial charge in [0.25, 0.3) is 0 Å². The minimum absolute atomic E-state index is 0.118. The van der Waals surface area contributed by atoms with Crippen LogP contribution in [0, 0.1) is 11.3 Å². The highest BCUT2D eigenvalue weighted by Gasteiger charge is 2.34. The normalized spacial score (nSPS) is 18.6. The summed E-state index contributed by atoms with van der Waals surface area (Å²) < 4.78 is 11.0. The van der Waals surface area contributed by atoms with Crippen molar-refractivity contribution >= 4 is 0 Å². The molecule has 0 aromatic rings. The lowest BCUT2D eigenvalue weighted by Crippen LogP contribution is -2.44. The van der Waals surface area contributed by atoms with E-state index in [1.165, 1.54) is 12.8 Å². The molecule has 0 aliphatic heterocycles. The van der Waals surface area contributed by atoms with Crippen LogP contribution in [0.1, 0.15) is 59.3 Å². The van der Waals surface area contributed by atoms with Crippen molar-refractivity contribution in [1.82, 2.24) is 5.32 Å².